The maximum absolute atomic E-state index is 13.3. The Balaban J connectivity index is 1.88. The number of amides is 1. The molecule has 4 rings (SSSR count). The Morgan fingerprint density at radius 1 is 1.19 bits per heavy atom. The zero-order valence-electron chi connectivity index (χ0n) is 18.3. The highest BCUT2D eigenvalue weighted by molar-refractivity contribution is 7.99. The molecule has 1 aliphatic rings. The summed E-state index contributed by atoms with van der Waals surface area (Å²) in [6, 6.07) is 15.0. The molecule has 0 saturated heterocycles. The summed E-state index contributed by atoms with van der Waals surface area (Å²) in [5.41, 5.74) is 2.76. The maximum Gasteiger partial charge on any atom is 0.247 e. The summed E-state index contributed by atoms with van der Waals surface area (Å²) >= 11 is 7.83. The quantitative estimate of drug-likeness (QED) is 0.403. The lowest BCUT2D eigenvalue weighted by Gasteiger charge is -2.31. The molecular formula is C24H25ClN4O2S. The van der Waals surface area contributed by atoms with Crippen molar-refractivity contribution in [1.29, 1.82) is 0 Å². The van der Waals surface area contributed by atoms with E-state index in [2.05, 4.69) is 29.0 Å². The molecule has 0 unspecified atom stereocenters. The summed E-state index contributed by atoms with van der Waals surface area (Å²) in [6.45, 7) is 6.27. The number of nitrogens with zero attached hydrogens (tertiary/aromatic N) is 4. The van der Waals surface area contributed by atoms with Crippen molar-refractivity contribution in [3.63, 3.8) is 0 Å². The van der Waals surface area contributed by atoms with E-state index in [4.69, 9.17) is 16.3 Å². The Labute approximate surface area is 197 Å². The summed E-state index contributed by atoms with van der Waals surface area (Å²) in [6.07, 6.45) is 0.385. The predicted octanol–water partition coefficient (Wildman–Crippen LogP) is 6.16. The van der Waals surface area contributed by atoms with Crippen molar-refractivity contribution in [2.24, 2.45) is 5.92 Å². The Morgan fingerprint density at radius 2 is 2.00 bits per heavy atom. The molecule has 0 bridgehead atoms. The first kappa shape index (κ1) is 22.6. The van der Waals surface area contributed by atoms with E-state index in [0.29, 0.717) is 39.8 Å². The first-order chi connectivity index (χ1) is 15.5. The molecule has 8 heteroatoms. The van der Waals surface area contributed by atoms with Gasteiger partial charge in [-0.25, -0.2) is 0 Å². The van der Waals surface area contributed by atoms with Gasteiger partial charge in [0.1, 0.15) is 0 Å². The molecule has 0 N–H and O–H groups in total. The second-order valence-corrected chi connectivity index (χ2v) is 9.43. The predicted molar refractivity (Wildman–Crippen MR) is 128 cm³/mol. The average molecular weight is 469 g/mol. The van der Waals surface area contributed by atoms with Crippen LogP contribution in [0, 0.1) is 5.92 Å². The van der Waals surface area contributed by atoms with Crippen LogP contribution in [0.15, 0.2) is 53.7 Å². The number of aromatic nitrogens is 3. The van der Waals surface area contributed by atoms with E-state index >= 15 is 0 Å². The normalized spacial score (nSPS) is 15.0. The van der Waals surface area contributed by atoms with Crippen molar-refractivity contribution in [2.45, 2.75) is 45.0 Å². The fourth-order valence-electron chi connectivity index (χ4n) is 3.50. The molecule has 0 radical (unpaired) electrons. The first-order valence-corrected chi connectivity index (χ1v) is 12.1. The number of carbonyl (C=O) groups is 1. The van der Waals surface area contributed by atoms with E-state index in [0.717, 1.165) is 23.3 Å². The van der Waals surface area contributed by atoms with Gasteiger partial charge in [-0.3, -0.25) is 9.69 Å². The van der Waals surface area contributed by atoms with Crippen LogP contribution in [0.2, 0.25) is 5.02 Å². The van der Waals surface area contributed by atoms with Crippen molar-refractivity contribution in [2.75, 3.05) is 10.7 Å². The van der Waals surface area contributed by atoms with Crippen LogP contribution in [0.5, 0.6) is 5.88 Å². The fourth-order valence-corrected chi connectivity index (χ4v) is 4.42. The number of rotatable bonds is 6. The van der Waals surface area contributed by atoms with Gasteiger partial charge in [-0.2, -0.15) is 4.98 Å². The lowest BCUT2D eigenvalue weighted by molar-refractivity contribution is -0.120. The van der Waals surface area contributed by atoms with Crippen LogP contribution in [0.4, 0.5) is 5.69 Å². The Bertz CT molecular complexity index is 1120. The third-order valence-electron chi connectivity index (χ3n) is 4.92. The number of carbonyl (C=O) groups excluding carboxylic acids is 1. The molecule has 1 amide bonds. The van der Waals surface area contributed by atoms with Crippen LogP contribution in [-0.4, -0.2) is 26.8 Å². The monoisotopic (exact) mass is 468 g/mol. The van der Waals surface area contributed by atoms with Gasteiger partial charge < -0.3 is 4.74 Å². The lowest BCUT2D eigenvalue weighted by Crippen LogP contribution is -2.37. The molecule has 3 aromatic rings. The van der Waals surface area contributed by atoms with E-state index in [-0.39, 0.29) is 5.91 Å². The summed E-state index contributed by atoms with van der Waals surface area (Å²) in [7, 11) is 0. The van der Waals surface area contributed by atoms with Gasteiger partial charge in [0.2, 0.25) is 23.2 Å². The van der Waals surface area contributed by atoms with Crippen LogP contribution >= 0.6 is 23.4 Å². The van der Waals surface area contributed by atoms with E-state index in [1.807, 2.05) is 49.4 Å². The van der Waals surface area contributed by atoms with Gasteiger partial charge in [-0.05, 0) is 30.5 Å². The zero-order valence-corrected chi connectivity index (χ0v) is 19.9. The minimum absolute atomic E-state index is 0.0416. The minimum Gasteiger partial charge on any atom is -0.447 e. The van der Waals surface area contributed by atoms with Crippen LogP contribution in [-0.2, 0) is 4.79 Å². The largest absolute Gasteiger partial charge is 0.447 e. The van der Waals surface area contributed by atoms with E-state index in [9.17, 15) is 4.79 Å². The average Bonchev–Trinajstić information content (AvgIpc) is 2.92. The SMILES string of the molecule is CCCC(=O)N1c2ccccc2-c2nnc(SCC(C)C)nc2O[C@H]1c1cccc(Cl)c1. The molecular weight excluding hydrogens is 444 g/mol. The lowest BCUT2D eigenvalue weighted by atomic mass is 10.1. The highest BCUT2D eigenvalue weighted by Crippen LogP contribution is 2.43. The molecule has 1 aliphatic heterocycles. The van der Waals surface area contributed by atoms with Gasteiger partial charge in [-0.15, -0.1) is 10.2 Å². The Morgan fingerprint density at radius 3 is 2.75 bits per heavy atom. The van der Waals surface area contributed by atoms with Gasteiger partial charge in [0.15, 0.2) is 5.69 Å². The molecule has 0 aliphatic carbocycles. The summed E-state index contributed by atoms with van der Waals surface area (Å²) in [4.78, 5) is 19.7. The molecule has 6 nitrogen and oxygen atoms in total. The molecule has 0 saturated carbocycles. The molecule has 2 aromatic carbocycles. The number of thioether (sulfide) groups is 1. The Kier molecular flexibility index (Phi) is 6.96. The van der Waals surface area contributed by atoms with Gasteiger partial charge in [0.25, 0.3) is 0 Å². The molecule has 1 atom stereocenters. The smallest absolute Gasteiger partial charge is 0.247 e. The second kappa shape index (κ2) is 9.88. The third kappa shape index (κ3) is 4.74. The molecule has 0 spiro atoms. The minimum atomic E-state index is -0.727. The second-order valence-electron chi connectivity index (χ2n) is 8.01. The third-order valence-corrected chi connectivity index (χ3v) is 6.42. The van der Waals surface area contributed by atoms with Crippen molar-refractivity contribution >= 4 is 35.0 Å². The molecule has 166 valence electrons. The fraction of sp³-hybridized carbons (Fsp3) is 0.333. The molecule has 0 fully saturated rings. The van der Waals surface area contributed by atoms with Crippen molar-refractivity contribution in [3.8, 4) is 17.1 Å². The maximum atomic E-state index is 13.3. The topological polar surface area (TPSA) is 68.2 Å². The van der Waals surface area contributed by atoms with E-state index < -0.39 is 6.23 Å². The number of para-hydroxylation sites is 1. The number of fused-ring (bicyclic) bond motifs is 3. The first-order valence-electron chi connectivity index (χ1n) is 10.7. The van der Waals surface area contributed by atoms with Crippen LogP contribution in [0.3, 0.4) is 0 Å². The zero-order chi connectivity index (χ0) is 22.7. The van der Waals surface area contributed by atoms with Crippen LogP contribution in [0.25, 0.3) is 11.3 Å². The van der Waals surface area contributed by atoms with Gasteiger partial charge in [-0.1, -0.05) is 74.5 Å². The van der Waals surface area contributed by atoms with Crippen molar-refractivity contribution in [3.05, 3.63) is 59.1 Å². The number of hydrogen-bond acceptors (Lipinski definition) is 6. The van der Waals surface area contributed by atoms with Crippen molar-refractivity contribution in [1.82, 2.24) is 15.2 Å². The molecule has 32 heavy (non-hydrogen) atoms. The number of anilines is 1. The van der Waals surface area contributed by atoms with Gasteiger partial charge in [0.05, 0.1) is 5.69 Å². The number of halogens is 1. The van der Waals surface area contributed by atoms with Crippen LogP contribution in [0.1, 0.15) is 45.4 Å². The van der Waals surface area contributed by atoms with E-state index in [1.54, 1.807) is 11.0 Å². The van der Waals surface area contributed by atoms with Gasteiger partial charge in [0, 0.05) is 28.3 Å². The number of benzene rings is 2. The standard InChI is InChI=1S/C24H25ClN4O2S/c1-4-8-20(30)29-19-12-6-5-11-18(19)21-22(26-24(28-27-21)32-14-15(2)3)31-23(29)16-9-7-10-17(25)13-16/h5-7,9-13,15,23H,4,8,14H2,1-3H3/t23-/m0/s1. The molecule has 2 heterocycles. The highest BCUT2D eigenvalue weighted by Gasteiger charge is 2.35. The Hall–Kier alpha value is -2.64. The van der Waals surface area contributed by atoms with Crippen LogP contribution < -0.4 is 9.64 Å². The molecule has 1 aromatic heterocycles. The number of ether oxygens (including phenoxy) is 1. The number of hydrogen-bond donors (Lipinski definition) is 0. The highest BCUT2D eigenvalue weighted by atomic mass is 35.5. The summed E-state index contributed by atoms with van der Waals surface area (Å²) in [5, 5.41) is 9.90. The van der Waals surface area contributed by atoms with Gasteiger partial charge >= 0.3 is 0 Å². The van der Waals surface area contributed by atoms with E-state index in [1.165, 1.54) is 11.8 Å². The summed E-state index contributed by atoms with van der Waals surface area (Å²) < 4.78 is 6.43. The van der Waals surface area contributed by atoms with Crippen molar-refractivity contribution < 1.29 is 9.53 Å². The summed E-state index contributed by atoms with van der Waals surface area (Å²) in [5.74, 6) is 1.68.